The van der Waals surface area contributed by atoms with E-state index in [-0.39, 0.29) is 5.78 Å². The van der Waals surface area contributed by atoms with E-state index in [0.29, 0.717) is 17.1 Å². The average molecular weight is 400 g/mol. The van der Waals surface area contributed by atoms with Crippen molar-refractivity contribution in [3.8, 4) is 33.6 Å². The van der Waals surface area contributed by atoms with Crippen LogP contribution in [0.25, 0.3) is 33.6 Å². The maximum absolute atomic E-state index is 13.6. The van der Waals surface area contributed by atoms with Gasteiger partial charge < -0.3 is 4.42 Å². The topological polar surface area (TPSA) is 30.2 Å². The fourth-order valence-corrected chi connectivity index (χ4v) is 3.86. The lowest BCUT2D eigenvalue weighted by molar-refractivity contribution is 0.101. The molecule has 31 heavy (non-hydrogen) atoms. The lowest BCUT2D eigenvalue weighted by Crippen LogP contribution is -2.01. The molecule has 0 saturated carbocycles. The van der Waals surface area contributed by atoms with Gasteiger partial charge in [0.1, 0.15) is 5.76 Å². The highest BCUT2D eigenvalue weighted by molar-refractivity contribution is 6.14. The number of carbonyl (C=O) groups is 1. The van der Waals surface area contributed by atoms with Crippen molar-refractivity contribution in [1.29, 1.82) is 0 Å². The van der Waals surface area contributed by atoms with Crippen molar-refractivity contribution >= 4 is 5.78 Å². The molecule has 0 aliphatic carbocycles. The summed E-state index contributed by atoms with van der Waals surface area (Å²) in [6.07, 6.45) is 0. The zero-order valence-corrected chi connectivity index (χ0v) is 16.9. The number of carbonyl (C=O) groups excluding carboxylic acids is 1. The van der Waals surface area contributed by atoms with Crippen LogP contribution in [0.5, 0.6) is 0 Å². The molecule has 4 aromatic carbocycles. The standard InChI is InChI=1S/C29H20O2/c30-27(23-17-9-3-10-18-23)29-26(22-15-7-2-8-16-22)25(21-13-5-1-6-14-21)28(31-29)24-19-11-4-12-20-24/h1-20H. The summed E-state index contributed by atoms with van der Waals surface area (Å²) >= 11 is 0. The SMILES string of the molecule is O=C(c1ccccc1)c1oc(-c2ccccc2)c(-c2ccccc2)c1-c1ccccc1. The van der Waals surface area contributed by atoms with Crippen LogP contribution >= 0.6 is 0 Å². The van der Waals surface area contributed by atoms with E-state index >= 15 is 0 Å². The smallest absolute Gasteiger partial charge is 0.228 e. The first kappa shape index (κ1) is 18.8. The van der Waals surface area contributed by atoms with Crippen LogP contribution in [-0.4, -0.2) is 5.78 Å². The highest BCUT2D eigenvalue weighted by Gasteiger charge is 2.28. The molecule has 0 N–H and O–H groups in total. The summed E-state index contributed by atoms with van der Waals surface area (Å²) in [5.74, 6) is 0.929. The first-order valence-electron chi connectivity index (χ1n) is 10.3. The normalized spacial score (nSPS) is 10.7. The predicted octanol–water partition coefficient (Wildman–Crippen LogP) is 7.51. The van der Waals surface area contributed by atoms with Gasteiger partial charge in [-0.3, -0.25) is 4.79 Å². The summed E-state index contributed by atoms with van der Waals surface area (Å²) in [4.78, 5) is 13.6. The van der Waals surface area contributed by atoms with Gasteiger partial charge in [-0.1, -0.05) is 121 Å². The number of ketones is 1. The molecule has 0 amide bonds. The van der Waals surface area contributed by atoms with Crippen molar-refractivity contribution < 1.29 is 9.21 Å². The molecular weight excluding hydrogens is 380 g/mol. The quantitative estimate of drug-likeness (QED) is 0.286. The zero-order chi connectivity index (χ0) is 21.0. The number of benzene rings is 4. The van der Waals surface area contributed by atoms with Gasteiger partial charge in [-0.25, -0.2) is 0 Å². The molecule has 2 heteroatoms. The summed E-state index contributed by atoms with van der Waals surface area (Å²) in [6, 6.07) is 39.3. The fraction of sp³-hybridized carbons (Fsp3) is 0. The van der Waals surface area contributed by atoms with Crippen LogP contribution < -0.4 is 0 Å². The maximum Gasteiger partial charge on any atom is 0.228 e. The van der Waals surface area contributed by atoms with E-state index in [4.69, 9.17) is 4.42 Å². The number of hydrogen-bond acceptors (Lipinski definition) is 2. The van der Waals surface area contributed by atoms with Crippen molar-refractivity contribution in [2.75, 3.05) is 0 Å². The lowest BCUT2D eigenvalue weighted by atomic mass is 9.91. The monoisotopic (exact) mass is 400 g/mol. The maximum atomic E-state index is 13.6. The van der Waals surface area contributed by atoms with Gasteiger partial charge in [-0.05, 0) is 11.1 Å². The summed E-state index contributed by atoms with van der Waals surface area (Å²) in [6.45, 7) is 0. The Labute approximate surface area is 181 Å². The van der Waals surface area contributed by atoms with E-state index in [2.05, 4.69) is 12.1 Å². The Bertz CT molecular complexity index is 1300. The van der Waals surface area contributed by atoms with Crippen LogP contribution in [-0.2, 0) is 0 Å². The van der Waals surface area contributed by atoms with Crippen LogP contribution in [0, 0.1) is 0 Å². The minimum absolute atomic E-state index is 0.126. The van der Waals surface area contributed by atoms with Gasteiger partial charge in [0.05, 0.1) is 0 Å². The fourth-order valence-electron chi connectivity index (χ4n) is 3.86. The third-order valence-electron chi connectivity index (χ3n) is 5.31. The average Bonchev–Trinajstić information content (AvgIpc) is 3.26. The Balaban J connectivity index is 1.85. The summed E-state index contributed by atoms with van der Waals surface area (Å²) < 4.78 is 6.41. The molecule has 0 spiro atoms. The van der Waals surface area contributed by atoms with Crippen LogP contribution in [0.2, 0.25) is 0 Å². The van der Waals surface area contributed by atoms with Crippen molar-refractivity contribution in [2.24, 2.45) is 0 Å². The Morgan fingerprint density at radius 2 is 0.903 bits per heavy atom. The number of rotatable bonds is 5. The molecule has 0 aliphatic rings. The molecule has 5 rings (SSSR count). The minimum atomic E-state index is -0.126. The van der Waals surface area contributed by atoms with Crippen LogP contribution in [0.3, 0.4) is 0 Å². The molecule has 0 saturated heterocycles. The molecule has 0 fully saturated rings. The van der Waals surface area contributed by atoms with E-state index < -0.39 is 0 Å². The Morgan fingerprint density at radius 1 is 0.484 bits per heavy atom. The predicted molar refractivity (Wildman–Crippen MR) is 125 cm³/mol. The van der Waals surface area contributed by atoms with Gasteiger partial charge in [0.15, 0.2) is 5.76 Å². The zero-order valence-electron chi connectivity index (χ0n) is 16.9. The van der Waals surface area contributed by atoms with Crippen LogP contribution in [0.1, 0.15) is 16.1 Å². The Morgan fingerprint density at radius 3 is 1.42 bits per heavy atom. The summed E-state index contributed by atoms with van der Waals surface area (Å²) in [5, 5.41) is 0. The molecule has 0 unspecified atom stereocenters. The lowest BCUT2D eigenvalue weighted by Gasteiger charge is -2.08. The molecule has 1 heterocycles. The van der Waals surface area contributed by atoms with Crippen LogP contribution in [0.15, 0.2) is 126 Å². The second-order valence-corrected chi connectivity index (χ2v) is 7.30. The summed E-state index contributed by atoms with van der Waals surface area (Å²) in [5.41, 5.74) is 5.25. The Hall–Kier alpha value is -4.17. The highest BCUT2D eigenvalue weighted by Crippen LogP contribution is 2.45. The van der Waals surface area contributed by atoms with E-state index in [9.17, 15) is 4.79 Å². The molecule has 5 aromatic rings. The largest absolute Gasteiger partial charge is 0.451 e. The van der Waals surface area contributed by atoms with E-state index in [1.165, 1.54) is 0 Å². The van der Waals surface area contributed by atoms with Crippen LogP contribution in [0.4, 0.5) is 0 Å². The highest BCUT2D eigenvalue weighted by atomic mass is 16.3. The molecular formula is C29H20O2. The van der Waals surface area contributed by atoms with Gasteiger partial charge in [0.2, 0.25) is 5.78 Å². The second-order valence-electron chi connectivity index (χ2n) is 7.30. The molecule has 0 aliphatic heterocycles. The van der Waals surface area contributed by atoms with Gasteiger partial charge in [-0.15, -0.1) is 0 Å². The molecule has 2 nitrogen and oxygen atoms in total. The van der Waals surface area contributed by atoms with Crippen molar-refractivity contribution in [2.45, 2.75) is 0 Å². The first-order valence-corrected chi connectivity index (χ1v) is 10.3. The molecule has 1 aromatic heterocycles. The van der Waals surface area contributed by atoms with Gasteiger partial charge in [0, 0.05) is 22.3 Å². The van der Waals surface area contributed by atoms with E-state index in [1.54, 1.807) is 0 Å². The van der Waals surface area contributed by atoms with Gasteiger partial charge >= 0.3 is 0 Å². The second kappa shape index (κ2) is 8.29. The summed E-state index contributed by atoms with van der Waals surface area (Å²) in [7, 11) is 0. The van der Waals surface area contributed by atoms with Gasteiger partial charge in [0.25, 0.3) is 0 Å². The van der Waals surface area contributed by atoms with Crippen molar-refractivity contribution in [3.63, 3.8) is 0 Å². The number of hydrogen-bond donors (Lipinski definition) is 0. The third kappa shape index (κ3) is 3.60. The first-order chi connectivity index (χ1) is 15.3. The third-order valence-corrected chi connectivity index (χ3v) is 5.31. The number of furan rings is 1. The van der Waals surface area contributed by atoms with Gasteiger partial charge in [-0.2, -0.15) is 0 Å². The molecule has 0 atom stereocenters. The van der Waals surface area contributed by atoms with Crippen molar-refractivity contribution in [3.05, 3.63) is 133 Å². The Kier molecular flexibility index (Phi) is 5.04. The molecule has 0 bridgehead atoms. The van der Waals surface area contributed by atoms with E-state index in [0.717, 1.165) is 27.8 Å². The molecule has 148 valence electrons. The molecule has 0 radical (unpaired) electrons. The van der Waals surface area contributed by atoms with Crippen molar-refractivity contribution in [1.82, 2.24) is 0 Å². The minimum Gasteiger partial charge on any atom is -0.451 e. The van der Waals surface area contributed by atoms with E-state index in [1.807, 2.05) is 109 Å².